The Hall–Kier alpha value is -1.38. The molecule has 0 atom stereocenters. The molecule has 0 saturated heterocycles. The Balaban J connectivity index is 0.000000791. The molecule has 3 heteroatoms. The molecular weight excluding hydrogens is 181 g/mol. The Morgan fingerprint density at radius 2 is 1.79 bits per heavy atom. The second kappa shape index (κ2) is 7.06. The normalized spacial score (nSPS) is 8.57. The Morgan fingerprint density at radius 1 is 1.29 bits per heavy atom. The number of nitrogens with one attached hydrogen (secondary N) is 1. The van der Waals surface area contributed by atoms with Crippen LogP contribution in [0.3, 0.4) is 0 Å². The van der Waals surface area contributed by atoms with Crippen molar-refractivity contribution in [3.63, 3.8) is 0 Å². The first-order chi connectivity index (χ1) is 6.74. The molecule has 1 aromatic rings. The molecule has 78 valence electrons. The number of halogens is 1. The number of amides is 1. The van der Waals surface area contributed by atoms with E-state index in [1.165, 1.54) is 24.3 Å². The van der Waals surface area contributed by atoms with Gasteiger partial charge < -0.3 is 5.32 Å². The van der Waals surface area contributed by atoms with Gasteiger partial charge in [0.2, 0.25) is 0 Å². The topological polar surface area (TPSA) is 29.1 Å². The predicted molar refractivity (Wildman–Crippen MR) is 55.8 cm³/mol. The largest absolute Gasteiger partial charge is 0.352 e. The van der Waals surface area contributed by atoms with Crippen molar-refractivity contribution < 1.29 is 9.18 Å². The van der Waals surface area contributed by atoms with Gasteiger partial charge in [0.1, 0.15) is 5.82 Å². The molecule has 2 nitrogen and oxygen atoms in total. The summed E-state index contributed by atoms with van der Waals surface area (Å²) in [5.41, 5.74) is 0.484. The summed E-state index contributed by atoms with van der Waals surface area (Å²) in [5, 5.41) is 2.62. The standard InChI is InChI=1S/C9H10FNO.C2H6/c1-2-11-9(12)7-3-5-8(10)6-4-7;1-2/h3-6H,2H2,1H3,(H,11,12);1-2H3. The summed E-state index contributed by atoms with van der Waals surface area (Å²) < 4.78 is 12.4. The first-order valence-corrected chi connectivity index (χ1v) is 4.78. The third kappa shape index (κ3) is 4.03. The molecule has 0 radical (unpaired) electrons. The molecule has 0 spiro atoms. The summed E-state index contributed by atoms with van der Waals surface area (Å²) in [5.74, 6) is -0.499. The average Bonchev–Trinajstić information content (AvgIpc) is 2.22. The maximum atomic E-state index is 12.4. The number of hydrogen-bond donors (Lipinski definition) is 1. The summed E-state index contributed by atoms with van der Waals surface area (Å²) in [6, 6.07) is 5.45. The Kier molecular flexibility index (Phi) is 6.37. The molecule has 1 amide bonds. The highest BCUT2D eigenvalue weighted by atomic mass is 19.1. The maximum Gasteiger partial charge on any atom is 0.251 e. The minimum Gasteiger partial charge on any atom is -0.352 e. The number of benzene rings is 1. The van der Waals surface area contributed by atoms with Gasteiger partial charge in [-0.2, -0.15) is 0 Å². The van der Waals surface area contributed by atoms with Crippen LogP contribution in [0.5, 0.6) is 0 Å². The highest BCUT2D eigenvalue weighted by Gasteiger charge is 2.02. The van der Waals surface area contributed by atoms with Crippen LogP contribution in [0.1, 0.15) is 31.1 Å². The zero-order valence-corrected chi connectivity index (χ0v) is 8.80. The van der Waals surface area contributed by atoms with Crippen LogP contribution >= 0.6 is 0 Å². The number of rotatable bonds is 2. The van der Waals surface area contributed by atoms with Gasteiger partial charge in [-0.15, -0.1) is 0 Å². The molecule has 0 heterocycles. The monoisotopic (exact) mass is 197 g/mol. The smallest absolute Gasteiger partial charge is 0.251 e. The second-order valence-corrected chi connectivity index (χ2v) is 2.37. The van der Waals surface area contributed by atoms with Gasteiger partial charge in [-0.3, -0.25) is 4.79 Å². The molecule has 0 unspecified atom stereocenters. The van der Waals surface area contributed by atoms with Crippen molar-refractivity contribution in [1.82, 2.24) is 5.32 Å². The van der Waals surface area contributed by atoms with Crippen molar-refractivity contribution >= 4 is 5.91 Å². The van der Waals surface area contributed by atoms with Crippen LogP contribution in [-0.4, -0.2) is 12.5 Å². The van der Waals surface area contributed by atoms with E-state index in [1.54, 1.807) is 0 Å². The van der Waals surface area contributed by atoms with E-state index >= 15 is 0 Å². The second-order valence-electron chi connectivity index (χ2n) is 2.37. The zero-order chi connectivity index (χ0) is 11.0. The molecule has 0 aliphatic heterocycles. The molecule has 0 aromatic heterocycles. The fourth-order valence-electron chi connectivity index (χ4n) is 0.864. The van der Waals surface area contributed by atoms with Gasteiger partial charge >= 0.3 is 0 Å². The van der Waals surface area contributed by atoms with E-state index in [-0.39, 0.29) is 11.7 Å². The number of carbonyl (C=O) groups excluding carboxylic acids is 1. The molecule has 1 aromatic carbocycles. The lowest BCUT2D eigenvalue weighted by Gasteiger charge is -2.00. The van der Waals surface area contributed by atoms with E-state index in [0.29, 0.717) is 12.1 Å². The van der Waals surface area contributed by atoms with E-state index in [4.69, 9.17) is 0 Å². The van der Waals surface area contributed by atoms with E-state index in [0.717, 1.165) is 0 Å². The summed E-state index contributed by atoms with van der Waals surface area (Å²) in [4.78, 5) is 11.1. The number of hydrogen-bond acceptors (Lipinski definition) is 1. The van der Waals surface area contributed by atoms with Crippen molar-refractivity contribution in [3.05, 3.63) is 35.6 Å². The molecule has 0 aliphatic carbocycles. The van der Waals surface area contributed by atoms with Crippen molar-refractivity contribution in [2.24, 2.45) is 0 Å². The summed E-state index contributed by atoms with van der Waals surface area (Å²) in [6.45, 7) is 6.41. The Bertz CT molecular complexity index is 269. The van der Waals surface area contributed by atoms with Gasteiger partial charge in [0.05, 0.1) is 0 Å². The Labute approximate surface area is 84.1 Å². The van der Waals surface area contributed by atoms with Crippen molar-refractivity contribution in [1.29, 1.82) is 0 Å². The van der Waals surface area contributed by atoms with Crippen LogP contribution in [0.25, 0.3) is 0 Å². The molecule has 0 bridgehead atoms. The molecule has 1 rings (SSSR count). The highest BCUT2D eigenvalue weighted by Crippen LogP contribution is 2.01. The van der Waals surface area contributed by atoms with Gasteiger partial charge in [-0.05, 0) is 31.2 Å². The summed E-state index contributed by atoms with van der Waals surface area (Å²) in [7, 11) is 0. The minimum atomic E-state index is -0.331. The minimum absolute atomic E-state index is 0.169. The first-order valence-electron chi connectivity index (χ1n) is 4.78. The van der Waals surface area contributed by atoms with Crippen molar-refractivity contribution in [3.8, 4) is 0 Å². The molecule has 1 N–H and O–H groups in total. The lowest BCUT2D eigenvalue weighted by Crippen LogP contribution is -2.22. The lowest BCUT2D eigenvalue weighted by molar-refractivity contribution is 0.0956. The van der Waals surface area contributed by atoms with Crippen molar-refractivity contribution in [2.75, 3.05) is 6.54 Å². The van der Waals surface area contributed by atoms with Crippen LogP contribution in [0.2, 0.25) is 0 Å². The fraction of sp³-hybridized carbons (Fsp3) is 0.364. The van der Waals surface area contributed by atoms with Crippen LogP contribution in [0.4, 0.5) is 4.39 Å². The van der Waals surface area contributed by atoms with E-state index < -0.39 is 0 Å². The quantitative estimate of drug-likeness (QED) is 0.775. The molecule has 0 aliphatic rings. The molecule has 0 fully saturated rings. The van der Waals surface area contributed by atoms with Gasteiger partial charge in [-0.25, -0.2) is 4.39 Å². The summed E-state index contributed by atoms with van der Waals surface area (Å²) in [6.07, 6.45) is 0. The van der Waals surface area contributed by atoms with Crippen LogP contribution < -0.4 is 5.32 Å². The first kappa shape index (κ1) is 12.6. The number of carbonyl (C=O) groups is 1. The molecule has 14 heavy (non-hydrogen) atoms. The highest BCUT2D eigenvalue weighted by molar-refractivity contribution is 5.94. The van der Waals surface area contributed by atoms with E-state index in [9.17, 15) is 9.18 Å². The lowest BCUT2D eigenvalue weighted by atomic mass is 10.2. The van der Waals surface area contributed by atoms with Crippen LogP contribution in [0, 0.1) is 5.82 Å². The van der Waals surface area contributed by atoms with Gasteiger partial charge in [0.25, 0.3) is 5.91 Å². The third-order valence-electron chi connectivity index (χ3n) is 1.44. The maximum absolute atomic E-state index is 12.4. The SMILES string of the molecule is CC.CCNC(=O)c1ccc(F)cc1. The van der Waals surface area contributed by atoms with Crippen LogP contribution in [-0.2, 0) is 0 Å². The van der Waals surface area contributed by atoms with Crippen LogP contribution in [0.15, 0.2) is 24.3 Å². The van der Waals surface area contributed by atoms with Gasteiger partial charge in [0.15, 0.2) is 0 Å². The predicted octanol–water partition coefficient (Wildman–Crippen LogP) is 2.60. The van der Waals surface area contributed by atoms with E-state index in [2.05, 4.69) is 5.32 Å². The average molecular weight is 197 g/mol. The zero-order valence-electron chi connectivity index (χ0n) is 8.80. The van der Waals surface area contributed by atoms with Gasteiger partial charge in [-0.1, -0.05) is 13.8 Å². The van der Waals surface area contributed by atoms with E-state index in [1.807, 2.05) is 20.8 Å². The molecule has 0 saturated carbocycles. The Morgan fingerprint density at radius 3 is 2.21 bits per heavy atom. The van der Waals surface area contributed by atoms with Gasteiger partial charge in [0, 0.05) is 12.1 Å². The van der Waals surface area contributed by atoms with Crippen molar-refractivity contribution in [2.45, 2.75) is 20.8 Å². The molecular formula is C11H16FNO. The fourth-order valence-corrected chi connectivity index (χ4v) is 0.864. The summed E-state index contributed by atoms with van der Waals surface area (Å²) >= 11 is 0. The third-order valence-corrected chi connectivity index (χ3v) is 1.44.